The maximum atomic E-state index is 11.0. The van der Waals surface area contributed by atoms with Gasteiger partial charge in [0.25, 0.3) is 11.4 Å². The van der Waals surface area contributed by atoms with Crippen molar-refractivity contribution < 1.29 is 14.6 Å². The number of hydrogen-bond donors (Lipinski definition) is 1. The van der Waals surface area contributed by atoms with E-state index in [0.29, 0.717) is 6.61 Å². The van der Waals surface area contributed by atoms with Gasteiger partial charge in [0.05, 0.1) is 28.1 Å². The van der Waals surface area contributed by atoms with Crippen LogP contribution in [0.4, 0.5) is 17.1 Å². The molecule has 1 aromatic carbocycles. The average Bonchev–Trinajstić information content (AvgIpc) is 2.27. The maximum absolute atomic E-state index is 11.0. The molecule has 19 heavy (non-hydrogen) atoms. The van der Waals surface area contributed by atoms with Crippen LogP contribution in [0.2, 0.25) is 0 Å². The number of non-ortho nitro benzene ring substituents is 1. The van der Waals surface area contributed by atoms with Crippen molar-refractivity contribution in [1.82, 2.24) is 0 Å². The molecule has 0 aliphatic heterocycles. The molecule has 0 aliphatic carbocycles. The molecule has 1 rings (SSSR count). The zero-order valence-electron chi connectivity index (χ0n) is 10.9. The Morgan fingerprint density at radius 1 is 1.26 bits per heavy atom. The van der Waals surface area contributed by atoms with Gasteiger partial charge in [-0.3, -0.25) is 20.2 Å². The third-order valence-electron chi connectivity index (χ3n) is 2.37. The first kappa shape index (κ1) is 14.8. The highest BCUT2D eigenvalue weighted by atomic mass is 16.6. The van der Waals surface area contributed by atoms with Crippen LogP contribution in [0.5, 0.6) is 0 Å². The smallest absolute Gasteiger partial charge is 0.299 e. The number of nitro benzene ring substituents is 2. The number of rotatable bonds is 6. The molecule has 0 spiro atoms. The summed E-state index contributed by atoms with van der Waals surface area (Å²) < 4.78 is 5.00. The van der Waals surface area contributed by atoms with Crippen LogP contribution in [0.3, 0.4) is 0 Å². The second-order valence-corrected chi connectivity index (χ2v) is 4.66. The van der Waals surface area contributed by atoms with Crippen molar-refractivity contribution in [3.05, 3.63) is 38.4 Å². The zero-order valence-corrected chi connectivity index (χ0v) is 10.9. The fourth-order valence-electron chi connectivity index (χ4n) is 1.65. The highest BCUT2D eigenvalue weighted by molar-refractivity contribution is 5.66. The molecule has 1 aromatic rings. The third kappa shape index (κ3) is 3.88. The topological polar surface area (TPSA) is 108 Å². The van der Waals surface area contributed by atoms with E-state index in [1.54, 1.807) is 0 Å². The summed E-state index contributed by atoms with van der Waals surface area (Å²) in [6.07, 6.45) is 0. The molecule has 0 fully saturated rings. The van der Waals surface area contributed by atoms with Crippen LogP contribution in [0.15, 0.2) is 18.2 Å². The maximum Gasteiger partial charge on any atom is 0.299 e. The summed E-state index contributed by atoms with van der Waals surface area (Å²) in [7, 11) is 1.52. The van der Waals surface area contributed by atoms with Gasteiger partial charge in [0, 0.05) is 13.2 Å². The molecule has 0 heterocycles. The van der Waals surface area contributed by atoms with Crippen molar-refractivity contribution in [3.8, 4) is 0 Å². The molecular formula is C11H15N3O5. The van der Waals surface area contributed by atoms with Crippen molar-refractivity contribution in [3.63, 3.8) is 0 Å². The first-order valence-electron chi connectivity index (χ1n) is 5.47. The van der Waals surface area contributed by atoms with Gasteiger partial charge in [-0.1, -0.05) is 0 Å². The molecule has 0 amide bonds. The number of ether oxygens (including phenoxy) is 1. The second kappa shape index (κ2) is 5.61. The first-order valence-corrected chi connectivity index (χ1v) is 5.47. The monoisotopic (exact) mass is 269 g/mol. The van der Waals surface area contributed by atoms with Gasteiger partial charge in [-0.15, -0.1) is 0 Å². The fourth-order valence-corrected chi connectivity index (χ4v) is 1.65. The first-order chi connectivity index (χ1) is 8.76. The molecule has 0 bridgehead atoms. The van der Waals surface area contributed by atoms with Gasteiger partial charge in [0.15, 0.2) is 0 Å². The van der Waals surface area contributed by atoms with Gasteiger partial charge in [-0.25, -0.2) is 0 Å². The Labute approximate surface area is 109 Å². The van der Waals surface area contributed by atoms with E-state index in [4.69, 9.17) is 4.74 Å². The largest absolute Gasteiger partial charge is 0.382 e. The Morgan fingerprint density at radius 2 is 1.89 bits per heavy atom. The lowest BCUT2D eigenvalue weighted by atomic mass is 10.1. The van der Waals surface area contributed by atoms with E-state index >= 15 is 0 Å². The predicted molar refractivity (Wildman–Crippen MR) is 69.3 cm³/mol. The fraction of sp³-hybridized carbons (Fsp3) is 0.455. The van der Waals surface area contributed by atoms with E-state index < -0.39 is 15.4 Å². The number of benzene rings is 1. The molecular weight excluding hydrogens is 254 g/mol. The lowest BCUT2D eigenvalue weighted by Crippen LogP contribution is -2.36. The predicted octanol–water partition coefficient (Wildman–Crippen LogP) is 2.34. The van der Waals surface area contributed by atoms with E-state index in [-0.39, 0.29) is 17.1 Å². The molecule has 8 heteroatoms. The van der Waals surface area contributed by atoms with Crippen molar-refractivity contribution in [2.24, 2.45) is 0 Å². The zero-order chi connectivity index (χ0) is 14.6. The molecule has 0 atom stereocenters. The molecule has 0 unspecified atom stereocenters. The van der Waals surface area contributed by atoms with E-state index in [1.165, 1.54) is 19.2 Å². The van der Waals surface area contributed by atoms with Crippen LogP contribution < -0.4 is 5.32 Å². The summed E-state index contributed by atoms with van der Waals surface area (Å²) in [4.78, 5) is 20.2. The van der Waals surface area contributed by atoms with Gasteiger partial charge >= 0.3 is 0 Å². The average molecular weight is 269 g/mol. The quantitative estimate of drug-likeness (QED) is 0.627. The molecule has 0 saturated heterocycles. The van der Waals surface area contributed by atoms with Gasteiger partial charge in [0.1, 0.15) is 5.69 Å². The van der Waals surface area contributed by atoms with Crippen LogP contribution in [0.1, 0.15) is 13.8 Å². The Kier molecular flexibility index (Phi) is 4.38. The second-order valence-electron chi connectivity index (χ2n) is 4.66. The molecule has 104 valence electrons. The third-order valence-corrected chi connectivity index (χ3v) is 2.37. The van der Waals surface area contributed by atoms with Crippen LogP contribution in [-0.4, -0.2) is 29.1 Å². The summed E-state index contributed by atoms with van der Waals surface area (Å²) >= 11 is 0. The Balaban J connectivity index is 3.14. The van der Waals surface area contributed by atoms with Crippen molar-refractivity contribution in [2.45, 2.75) is 19.4 Å². The lowest BCUT2D eigenvalue weighted by molar-refractivity contribution is -0.393. The minimum Gasteiger partial charge on any atom is -0.382 e. The van der Waals surface area contributed by atoms with Crippen LogP contribution in [0, 0.1) is 20.2 Å². The van der Waals surface area contributed by atoms with Gasteiger partial charge in [-0.05, 0) is 19.9 Å². The molecule has 8 nitrogen and oxygen atoms in total. The number of methoxy groups -OCH3 is 1. The number of hydrogen-bond acceptors (Lipinski definition) is 6. The van der Waals surface area contributed by atoms with Crippen LogP contribution in [0.25, 0.3) is 0 Å². The van der Waals surface area contributed by atoms with Crippen molar-refractivity contribution >= 4 is 17.1 Å². The van der Waals surface area contributed by atoms with E-state index in [0.717, 1.165) is 6.07 Å². The van der Waals surface area contributed by atoms with Crippen LogP contribution >= 0.6 is 0 Å². The van der Waals surface area contributed by atoms with E-state index in [1.807, 2.05) is 13.8 Å². The molecule has 0 aliphatic rings. The van der Waals surface area contributed by atoms with Gasteiger partial charge < -0.3 is 10.1 Å². The number of anilines is 1. The van der Waals surface area contributed by atoms with E-state index in [9.17, 15) is 20.2 Å². The normalized spacial score (nSPS) is 11.1. The highest BCUT2D eigenvalue weighted by Gasteiger charge is 2.24. The summed E-state index contributed by atoms with van der Waals surface area (Å²) in [5.74, 6) is 0. The lowest BCUT2D eigenvalue weighted by Gasteiger charge is -2.26. The molecule has 0 saturated carbocycles. The molecule has 0 aromatic heterocycles. The van der Waals surface area contributed by atoms with Gasteiger partial charge in [0.2, 0.25) is 0 Å². The Hall–Kier alpha value is -2.22. The summed E-state index contributed by atoms with van der Waals surface area (Å²) in [6.45, 7) is 3.95. The summed E-state index contributed by atoms with van der Waals surface area (Å²) in [5, 5.41) is 24.5. The standard InChI is InChI=1S/C11H15N3O5/c1-11(2,7-19-3)12-9-5-4-8(13(15)16)6-10(9)14(17)18/h4-6,12H,7H2,1-3H3. The summed E-state index contributed by atoms with van der Waals surface area (Å²) in [6, 6.07) is 3.48. The molecule has 0 radical (unpaired) electrons. The highest BCUT2D eigenvalue weighted by Crippen LogP contribution is 2.30. The molecule has 1 N–H and O–H groups in total. The van der Waals surface area contributed by atoms with Crippen molar-refractivity contribution in [2.75, 3.05) is 19.0 Å². The van der Waals surface area contributed by atoms with Crippen molar-refractivity contribution in [1.29, 1.82) is 0 Å². The van der Waals surface area contributed by atoms with Gasteiger partial charge in [-0.2, -0.15) is 0 Å². The Morgan fingerprint density at radius 3 is 2.37 bits per heavy atom. The number of nitrogens with zero attached hydrogens (tertiary/aromatic N) is 2. The number of nitrogens with one attached hydrogen (secondary N) is 1. The van der Waals surface area contributed by atoms with E-state index in [2.05, 4.69) is 5.32 Å². The minimum absolute atomic E-state index is 0.220. The summed E-state index contributed by atoms with van der Waals surface area (Å²) in [5.41, 5.74) is -0.965. The van der Waals surface area contributed by atoms with Crippen LogP contribution in [-0.2, 0) is 4.74 Å². The minimum atomic E-state index is -0.670. The Bertz CT molecular complexity index is 501. The SMILES string of the molecule is COCC(C)(C)Nc1ccc([N+](=O)[O-])cc1[N+](=O)[O-]. The number of nitro groups is 2.